The van der Waals surface area contributed by atoms with Gasteiger partial charge < -0.3 is 5.73 Å². The lowest BCUT2D eigenvalue weighted by atomic mass is 10.1. The molecule has 4 N–H and O–H groups in total. The lowest BCUT2D eigenvalue weighted by Crippen LogP contribution is -2.24. The Balaban J connectivity index is 2.31. The van der Waals surface area contributed by atoms with E-state index < -0.39 is 15.8 Å². The van der Waals surface area contributed by atoms with Crippen molar-refractivity contribution in [2.24, 2.45) is 5.73 Å². The summed E-state index contributed by atoms with van der Waals surface area (Å²) in [7, 11) is -3.81. The highest BCUT2D eigenvalue weighted by Crippen LogP contribution is 2.20. The molecule has 20 heavy (non-hydrogen) atoms. The molecular formula is C12H15FN4O2S. The normalized spacial score (nSPS) is 11.8. The topological polar surface area (TPSA) is 101 Å². The summed E-state index contributed by atoms with van der Waals surface area (Å²) in [5.74, 6) is -0.586. The van der Waals surface area contributed by atoms with E-state index in [9.17, 15) is 12.8 Å². The second-order valence-corrected chi connectivity index (χ2v) is 6.07. The zero-order valence-electron chi connectivity index (χ0n) is 10.9. The van der Waals surface area contributed by atoms with E-state index in [0.29, 0.717) is 11.1 Å². The molecule has 0 amide bonds. The van der Waals surface area contributed by atoms with Crippen molar-refractivity contribution in [2.75, 3.05) is 0 Å². The van der Waals surface area contributed by atoms with Gasteiger partial charge in [0, 0.05) is 30.4 Å². The molecule has 108 valence electrons. The summed E-state index contributed by atoms with van der Waals surface area (Å²) in [5.41, 5.74) is 6.62. The van der Waals surface area contributed by atoms with Crippen LogP contribution in [-0.4, -0.2) is 18.6 Å². The number of sulfonamides is 1. The van der Waals surface area contributed by atoms with Crippen LogP contribution in [0.2, 0.25) is 0 Å². The molecule has 1 aromatic heterocycles. The highest BCUT2D eigenvalue weighted by Gasteiger charge is 2.20. The molecule has 8 heteroatoms. The first-order chi connectivity index (χ1) is 9.44. The summed E-state index contributed by atoms with van der Waals surface area (Å²) in [6.07, 6.45) is 3.08. The Morgan fingerprint density at radius 2 is 2.15 bits per heavy atom. The van der Waals surface area contributed by atoms with Gasteiger partial charge in [0.15, 0.2) is 0 Å². The number of rotatable bonds is 5. The van der Waals surface area contributed by atoms with Crippen LogP contribution >= 0.6 is 0 Å². The van der Waals surface area contributed by atoms with Crippen molar-refractivity contribution in [1.29, 1.82) is 0 Å². The van der Waals surface area contributed by atoms with Crippen LogP contribution in [-0.2, 0) is 23.1 Å². The molecule has 0 fully saturated rings. The molecular weight excluding hydrogens is 283 g/mol. The highest BCUT2D eigenvalue weighted by molar-refractivity contribution is 7.89. The number of hydrogen-bond donors (Lipinski definition) is 3. The third kappa shape index (κ3) is 3.03. The molecule has 0 radical (unpaired) electrons. The number of aromatic amines is 1. The predicted molar refractivity (Wildman–Crippen MR) is 71.6 cm³/mol. The van der Waals surface area contributed by atoms with Crippen molar-refractivity contribution in [2.45, 2.75) is 24.9 Å². The molecule has 1 aromatic carbocycles. The van der Waals surface area contributed by atoms with E-state index in [2.05, 4.69) is 14.9 Å². The van der Waals surface area contributed by atoms with Crippen LogP contribution in [0.4, 0.5) is 4.39 Å². The molecule has 0 aliphatic rings. The molecule has 0 bridgehead atoms. The van der Waals surface area contributed by atoms with Crippen LogP contribution in [0.3, 0.4) is 0 Å². The van der Waals surface area contributed by atoms with Gasteiger partial charge in [0.05, 0.1) is 11.1 Å². The maximum absolute atomic E-state index is 13.7. The fraction of sp³-hybridized carbons (Fsp3) is 0.250. The van der Waals surface area contributed by atoms with Gasteiger partial charge in [-0.15, -0.1) is 0 Å². The van der Waals surface area contributed by atoms with E-state index in [0.717, 1.165) is 0 Å². The molecule has 0 aliphatic carbocycles. The molecule has 0 atom stereocenters. The van der Waals surface area contributed by atoms with Gasteiger partial charge in [-0.1, -0.05) is 0 Å². The van der Waals surface area contributed by atoms with Gasteiger partial charge in [-0.05, 0) is 24.6 Å². The monoisotopic (exact) mass is 298 g/mol. The number of nitrogens with two attached hydrogens (primary N) is 1. The Hall–Kier alpha value is -1.77. The van der Waals surface area contributed by atoms with E-state index in [1.165, 1.54) is 25.3 Å². The van der Waals surface area contributed by atoms with Gasteiger partial charge >= 0.3 is 0 Å². The summed E-state index contributed by atoms with van der Waals surface area (Å²) in [6, 6.07) is 2.63. The molecule has 6 nitrogen and oxygen atoms in total. The van der Waals surface area contributed by atoms with Gasteiger partial charge in [0.2, 0.25) is 10.0 Å². The van der Waals surface area contributed by atoms with Gasteiger partial charge in [0.1, 0.15) is 5.82 Å². The second kappa shape index (κ2) is 5.70. The highest BCUT2D eigenvalue weighted by atomic mass is 32.2. The van der Waals surface area contributed by atoms with Crippen molar-refractivity contribution in [3.8, 4) is 0 Å². The van der Waals surface area contributed by atoms with Crippen molar-refractivity contribution >= 4 is 10.0 Å². The Bertz CT molecular complexity index is 698. The lowest BCUT2D eigenvalue weighted by molar-refractivity contribution is 0.573. The van der Waals surface area contributed by atoms with E-state index in [4.69, 9.17) is 5.73 Å². The van der Waals surface area contributed by atoms with Crippen LogP contribution in [0.5, 0.6) is 0 Å². The quantitative estimate of drug-likeness (QED) is 0.759. The minimum Gasteiger partial charge on any atom is -0.326 e. The number of halogens is 1. The molecule has 0 saturated heterocycles. The summed E-state index contributed by atoms with van der Waals surface area (Å²) in [4.78, 5) is -0.0959. The van der Waals surface area contributed by atoms with Crippen molar-refractivity contribution in [1.82, 2.24) is 14.9 Å². The molecule has 0 unspecified atom stereocenters. The van der Waals surface area contributed by atoms with Crippen LogP contribution in [0, 0.1) is 12.7 Å². The average molecular weight is 298 g/mol. The molecule has 0 saturated carbocycles. The molecule has 1 heterocycles. The number of aromatic nitrogens is 2. The predicted octanol–water partition coefficient (Wildman–Crippen LogP) is 0.794. The van der Waals surface area contributed by atoms with E-state index in [-0.39, 0.29) is 23.5 Å². The van der Waals surface area contributed by atoms with Crippen LogP contribution in [0.15, 0.2) is 29.4 Å². The minimum atomic E-state index is -3.81. The Kier molecular flexibility index (Phi) is 4.17. The van der Waals surface area contributed by atoms with E-state index >= 15 is 0 Å². The summed E-state index contributed by atoms with van der Waals surface area (Å²) >= 11 is 0. The third-order valence-corrected chi connectivity index (χ3v) is 4.43. The number of H-pyrrole nitrogens is 1. The average Bonchev–Trinajstić information content (AvgIpc) is 2.92. The lowest BCUT2D eigenvalue weighted by Gasteiger charge is -2.11. The smallest absolute Gasteiger partial charge is 0.241 e. The second-order valence-electron chi connectivity index (χ2n) is 4.34. The van der Waals surface area contributed by atoms with Gasteiger partial charge in [-0.25, -0.2) is 17.5 Å². The minimum absolute atomic E-state index is 0.0709. The van der Waals surface area contributed by atoms with E-state index in [1.54, 1.807) is 6.20 Å². The van der Waals surface area contributed by atoms with Crippen molar-refractivity contribution < 1.29 is 12.8 Å². The Labute approximate surface area is 116 Å². The van der Waals surface area contributed by atoms with Crippen LogP contribution in [0.1, 0.15) is 16.7 Å². The molecule has 2 aromatic rings. The van der Waals surface area contributed by atoms with E-state index in [1.807, 2.05) is 0 Å². The van der Waals surface area contributed by atoms with Crippen LogP contribution < -0.4 is 10.5 Å². The number of hydrogen-bond acceptors (Lipinski definition) is 4. The van der Waals surface area contributed by atoms with Crippen molar-refractivity contribution in [3.05, 3.63) is 47.0 Å². The van der Waals surface area contributed by atoms with Gasteiger partial charge in [-0.3, -0.25) is 5.10 Å². The number of nitrogens with zero attached hydrogens (tertiary/aromatic N) is 1. The summed E-state index contributed by atoms with van der Waals surface area (Å²) < 4.78 is 40.5. The molecule has 0 aliphatic heterocycles. The standard InChI is InChI=1S/C12H15FN4O2S/c1-8-11(13)2-9(4-14)3-12(8)20(18,19)17-7-10-5-15-16-6-10/h2-3,5-6,17H,4,7,14H2,1H3,(H,15,16). The summed E-state index contributed by atoms with van der Waals surface area (Å²) in [5, 5.41) is 6.30. The Morgan fingerprint density at radius 1 is 1.40 bits per heavy atom. The van der Waals surface area contributed by atoms with Crippen LogP contribution in [0.25, 0.3) is 0 Å². The molecule has 0 spiro atoms. The molecule has 2 rings (SSSR count). The zero-order valence-corrected chi connectivity index (χ0v) is 11.7. The number of nitrogens with one attached hydrogen (secondary N) is 2. The maximum Gasteiger partial charge on any atom is 0.241 e. The fourth-order valence-electron chi connectivity index (χ4n) is 1.73. The fourth-order valence-corrected chi connectivity index (χ4v) is 3.05. The maximum atomic E-state index is 13.7. The third-order valence-electron chi connectivity index (χ3n) is 2.90. The first kappa shape index (κ1) is 14.6. The first-order valence-electron chi connectivity index (χ1n) is 5.90. The largest absolute Gasteiger partial charge is 0.326 e. The van der Waals surface area contributed by atoms with Gasteiger partial charge in [-0.2, -0.15) is 5.10 Å². The summed E-state index contributed by atoms with van der Waals surface area (Å²) in [6.45, 7) is 1.57. The SMILES string of the molecule is Cc1c(F)cc(CN)cc1S(=O)(=O)NCc1cn[nH]c1. The number of benzene rings is 1. The zero-order chi connectivity index (χ0) is 14.8. The van der Waals surface area contributed by atoms with Gasteiger partial charge in [0.25, 0.3) is 0 Å². The Morgan fingerprint density at radius 3 is 2.75 bits per heavy atom. The van der Waals surface area contributed by atoms with Crippen molar-refractivity contribution in [3.63, 3.8) is 0 Å². The first-order valence-corrected chi connectivity index (χ1v) is 7.39.